The highest BCUT2D eigenvalue weighted by molar-refractivity contribution is 8.00. The summed E-state index contributed by atoms with van der Waals surface area (Å²) in [5, 5.41) is 7.58. The summed E-state index contributed by atoms with van der Waals surface area (Å²) in [6.07, 6.45) is 2.30. The van der Waals surface area contributed by atoms with E-state index >= 15 is 0 Å². The van der Waals surface area contributed by atoms with Crippen molar-refractivity contribution in [2.24, 2.45) is 0 Å². The van der Waals surface area contributed by atoms with E-state index in [1.54, 1.807) is 17.8 Å². The van der Waals surface area contributed by atoms with Gasteiger partial charge in [-0.1, -0.05) is 11.6 Å². The van der Waals surface area contributed by atoms with Crippen LogP contribution >= 0.6 is 23.4 Å². The van der Waals surface area contributed by atoms with Gasteiger partial charge < -0.3 is 10.6 Å². The van der Waals surface area contributed by atoms with Gasteiger partial charge in [-0.15, -0.1) is 11.8 Å². The first-order valence-corrected chi connectivity index (χ1v) is 7.96. The van der Waals surface area contributed by atoms with Crippen LogP contribution in [-0.4, -0.2) is 30.0 Å². The molecule has 0 aromatic heterocycles. The lowest BCUT2D eigenvalue weighted by Gasteiger charge is -2.21. The zero-order valence-electron chi connectivity index (χ0n) is 11.0. The summed E-state index contributed by atoms with van der Waals surface area (Å²) in [5.74, 6) is 0.584. The molecule has 0 bridgehead atoms. The van der Waals surface area contributed by atoms with E-state index in [0.717, 1.165) is 37.2 Å². The standard InChI is InChI=1S/C14H19ClN2OS/c1-10-8-11(15)2-3-13(10)17-14(18)9-19-12-4-6-16-7-5-12/h2-3,8,12,16H,4-7,9H2,1H3,(H,17,18). The predicted molar refractivity (Wildman–Crippen MR) is 83.2 cm³/mol. The molecule has 1 saturated heterocycles. The quantitative estimate of drug-likeness (QED) is 0.897. The molecule has 19 heavy (non-hydrogen) atoms. The molecular formula is C14H19ClN2OS. The minimum absolute atomic E-state index is 0.0638. The van der Waals surface area contributed by atoms with Gasteiger partial charge in [0, 0.05) is 16.0 Å². The summed E-state index contributed by atoms with van der Waals surface area (Å²) in [7, 11) is 0. The van der Waals surface area contributed by atoms with E-state index in [9.17, 15) is 4.79 Å². The third kappa shape index (κ3) is 4.71. The fourth-order valence-electron chi connectivity index (χ4n) is 2.11. The van der Waals surface area contributed by atoms with Gasteiger partial charge in [-0.25, -0.2) is 0 Å². The highest BCUT2D eigenvalue weighted by Gasteiger charge is 2.15. The number of carbonyl (C=O) groups excluding carboxylic acids is 1. The molecule has 0 aliphatic carbocycles. The van der Waals surface area contributed by atoms with E-state index in [1.807, 2.05) is 19.1 Å². The second kappa shape index (κ2) is 7.17. The van der Waals surface area contributed by atoms with E-state index < -0.39 is 0 Å². The lowest BCUT2D eigenvalue weighted by atomic mass is 10.2. The van der Waals surface area contributed by atoms with Crippen LogP contribution < -0.4 is 10.6 Å². The Morgan fingerprint density at radius 3 is 2.89 bits per heavy atom. The van der Waals surface area contributed by atoms with Gasteiger partial charge in [0.1, 0.15) is 0 Å². The van der Waals surface area contributed by atoms with E-state index in [2.05, 4.69) is 10.6 Å². The number of nitrogens with one attached hydrogen (secondary N) is 2. The molecule has 1 heterocycles. The van der Waals surface area contributed by atoms with Gasteiger partial charge in [-0.3, -0.25) is 4.79 Å². The summed E-state index contributed by atoms with van der Waals surface area (Å²) in [5.41, 5.74) is 1.84. The summed E-state index contributed by atoms with van der Waals surface area (Å²) < 4.78 is 0. The molecule has 0 unspecified atom stereocenters. The third-order valence-corrected chi connectivity index (χ3v) is 4.81. The molecule has 0 spiro atoms. The number of piperidine rings is 1. The molecule has 2 rings (SSSR count). The van der Waals surface area contributed by atoms with Crippen LogP contribution in [0.5, 0.6) is 0 Å². The van der Waals surface area contributed by atoms with Crippen LogP contribution in [0, 0.1) is 6.92 Å². The van der Waals surface area contributed by atoms with Crippen LogP contribution in [0.2, 0.25) is 5.02 Å². The minimum atomic E-state index is 0.0638. The number of aryl methyl sites for hydroxylation is 1. The monoisotopic (exact) mass is 298 g/mol. The lowest BCUT2D eigenvalue weighted by molar-refractivity contribution is -0.113. The Hall–Kier alpha value is -0.710. The van der Waals surface area contributed by atoms with Gasteiger partial charge in [0.05, 0.1) is 5.75 Å². The van der Waals surface area contributed by atoms with Crippen molar-refractivity contribution in [3.8, 4) is 0 Å². The van der Waals surface area contributed by atoms with Gasteiger partial charge in [0.25, 0.3) is 0 Å². The van der Waals surface area contributed by atoms with Gasteiger partial charge in [0.15, 0.2) is 0 Å². The maximum atomic E-state index is 11.9. The van der Waals surface area contributed by atoms with Crippen LogP contribution in [-0.2, 0) is 4.79 Å². The van der Waals surface area contributed by atoms with Gasteiger partial charge in [-0.2, -0.15) is 0 Å². The molecular weight excluding hydrogens is 280 g/mol. The predicted octanol–water partition coefficient (Wildman–Crippen LogP) is 3.07. The van der Waals surface area contributed by atoms with Crippen LogP contribution in [0.15, 0.2) is 18.2 Å². The van der Waals surface area contributed by atoms with Crippen molar-refractivity contribution in [1.82, 2.24) is 5.32 Å². The number of anilines is 1. The van der Waals surface area contributed by atoms with Crippen LogP contribution in [0.4, 0.5) is 5.69 Å². The Labute approximate surface area is 123 Å². The van der Waals surface area contributed by atoms with Gasteiger partial charge >= 0.3 is 0 Å². The van der Waals surface area contributed by atoms with Crippen LogP contribution in [0.1, 0.15) is 18.4 Å². The first-order valence-electron chi connectivity index (χ1n) is 6.53. The molecule has 1 amide bonds. The maximum absolute atomic E-state index is 11.9. The Balaban J connectivity index is 1.80. The van der Waals surface area contributed by atoms with Gasteiger partial charge in [-0.05, 0) is 56.6 Å². The fraction of sp³-hybridized carbons (Fsp3) is 0.500. The maximum Gasteiger partial charge on any atom is 0.234 e. The molecule has 1 aromatic carbocycles. The number of carbonyl (C=O) groups is 1. The van der Waals surface area contributed by atoms with E-state index in [-0.39, 0.29) is 5.91 Å². The molecule has 1 aliphatic heterocycles. The molecule has 0 atom stereocenters. The van der Waals surface area contributed by atoms with Crippen molar-refractivity contribution in [1.29, 1.82) is 0 Å². The summed E-state index contributed by atoms with van der Waals surface area (Å²) in [6.45, 7) is 4.08. The van der Waals surface area contributed by atoms with E-state index in [0.29, 0.717) is 16.0 Å². The molecule has 1 aliphatic rings. The third-order valence-electron chi connectivity index (χ3n) is 3.20. The van der Waals surface area contributed by atoms with E-state index in [4.69, 9.17) is 11.6 Å². The minimum Gasteiger partial charge on any atom is -0.325 e. The first kappa shape index (κ1) is 14.7. The molecule has 2 N–H and O–H groups in total. The lowest BCUT2D eigenvalue weighted by Crippen LogP contribution is -2.30. The smallest absolute Gasteiger partial charge is 0.234 e. The Bertz CT molecular complexity index is 447. The Morgan fingerprint density at radius 2 is 2.21 bits per heavy atom. The zero-order chi connectivity index (χ0) is 13.7. The number of benzene rings is 1. The van der Waals surface area contributed by atoms with Crippen molar-refractivity contribution in [2.75, 3.05) is 24.2 Å². The number of hydrogen-bond acceptors (Lipinski definition) is 3. The topological polar surface area (TPSA) is 41.1 Å². The molecule has 1 aromatic rings. The number of thioether (sulfide) groups is 1. The number of hydrogen-bond donors (Lipinski definition) is 2. The first-order chi connectivity index (χ1) is 9.15. The SMILES string of the molecule is Cc1cc(Cl)ccc1NC(=O)CSC1CCNCC1. The van der Waals surface area contributed by atoms with Crippen molar-refractivity contribution < 1.29 is 4.79 Å². The van der Waals surface area contributed by atoms with Crippen LogP contribution in [0.25, 0.3) is 0 Å². The molecule has 104 valence electrons. The molecule has 3 nitrogen and oxygen atoms in total. The molecule has 1 fully saturated rings. The second-order valence-electron chi connectivity index (χ2n) is 4.77. The van der Waals surface area contributed by atoms with Gasteiger partial charge in [0.2, 0.25) is 5.91 Å². The fourth-order valence-corrected chi connectivity index (χ4v) is 3.36. The second-order valence-corrected chi connectivity index (χ2v) is 6.49. The molecule has 5 heteroatoms. The molecule has 0 saturated carbocycles. The summed E-state index contributed by atoms with van der Waals surface area (Å²) in [6, 6.07) is 5.51. The average molecular weight is 299 g/mol. The molecule has 0 radical (unpaired) electrons. The summed E-state index contributed by atoms with van der Waals surface area (Å²) in [4.78, 5) is 11.9. The average Bonchev–Trinajstić information content (AvgIpc) is 2.41. The van der Waals surface area contributed by atoms with Crippen LogP contribution in [0.3, 0.4) is 0 Å². The Kier molecular flexibility index (Phi) is 5.55. The largest absolute Gasteiger partial charge is 0.325 e. The van der Waals surface area contributed by atoms with E-state index in [1.165, 1.54) is 0 Å². The Morgan fingerprint density at radius 1 is 1.47 bits per heavy atom. The summed E-state index contributed by atoms with van der Waals surface area (Å²) >= 11 is 7.65. The van der Waals surface area contributed by atoms with Crippen molar-refractivity contribution in [3.63, 3.8) is 0 Å². The van der Waals surface area contributed by atoms with Crippen molar-refractivity contribution in [3.05, 3.63) is 28.8 Å². The number of halogens is 1. The van der Waals surface area contributed by atoms with Crippen molar-refractivity contribution >= 4 is 35.0 Å². The van der Waals surface area contributed by atoms with Crippen molar-refractivity contribution in [2.45, 2.75) is 25.0 Å². The number of rotatable bonds is 4. The highest BCUT2D eigenvalue weighted by Crippen LogP contribution is 2.22. The zero-order valence-corrected chi connectivity index (χ0v) is 12.6. The normalized spacial score (nSPS) is 16.3. The number of amides is 1. The highest BCUT2D eigenvalue weighted by atomic mass is 35.5.